The Hall–Kier alpha value is -3.48. The Morgan fingerprint density at radius 2 is 1.76 bits per heavy atom. The van der Waals surface area contributed by atoms with Crippen molar-refractivity contribution in [3.8, 4) is 5.69 Å². The molecular formula is C26H30N4O3. The van der Waals surface area contributed by atoms with Gasteiger partial charge in [-0.15, -0.1) is 5.10 Å². The number of anilines is 1. The van der Waals surface area contributed by atoms with Gasteiger partial charge in [0.15, 0.2) is 0 Å². The normalized spacial score (nSPS) is 14.7. The number of nitrogens with zero attached hydrogens (tertiary/aromatic N) is 2. The predicted molar refractivity (Wildman–Crippen MR) is 129 cm³/mol. The Balaban J connectivity index is 1.71. The summed E-state index contributed by atoms with van der Waals surface area (Å²) in [4.78, 5) is 38.8. The minimum atomic E-state index is -0.692. The summed E-state index contributed by atoms with van der Waals surface area (Å²) in [5.41, 5.74) is 11.2. The number of hydrogen-bond acceptors (Lipinski definition) is 5. The Kier molecular flexibility index (Phi) is 5.82. The number of rotatable bonds is 6. The number of H-pyrrole nitrogens is 1. The molecule has 4 rings (SSSR count). The van der Waals surface area contributed by atoms with E-state index in [1.165, 1.54) is 11.1 Å². The Labute approximate surface area is 192 Å². The van der Waals surface area contributed by atoms with E-state index in [1.54, 1.807) is 0 Å². The summed E-state index contributed by atoms with van der Waals surface area (Å²) in [6.07, 6.45) is 4.24. The average molecular weight is 447 g/mol. The van der Waals surface area contributed by atoms with Gasteiger partial charge in [0.05, 0.1) is 11.1 Å². The molecule has 1 aromatic heterocycles. The SMILES string of the molecule is CCC(=O)C1(c2cc(Cc3c(C)cc(-n4nc(N)c(=O)[nH]c4=O)cc3C)ccc2C)CCC1. The fourth-order valence-electron chi connectivity index (χ4n) is 5.03. The lowest BCUT2D eigenvalue weighted by Gasteiger charge is -2.42. The Morgan fingerprint density at radius 3 is 2.33 bits per heavy atom. The lowest BCUT2D eigenvalue weighted by Crippen LogP contribution is -2.42. The molecule has 172 valence electrons. The van der Waals surface area contributed by atoms with Crippen LogP contribution in [0.5, 0.6) is 0 Å². The van der Waals surface area contributed by atoms with Gasteiger partial charge >= 0.3 is 5.69 Å². The maximum atomic E-state index is 12.8. The number of nitrogen functional groups attached to an aromatic ring is 1. The maximum Gasteiger partial charge on any atom is 0.349 e. The second-order valence-electron chi connectivity index (χ2n) is 9.15. The number of nitrogens with two attached hydrogens (primary N) is 1. The van der Waals surface area contributed by atoms with E-state index < -0.39 is 11.2 Å². The van der Waals surface area contributed by atoms with Crippen LogP contribution >= 0.6 is 0 Å². The minimum Gasteiger partial charge on any atom is -0.378 e. The predicted octanol–water partition coefficient (Wildman–Crippen LogP) is 3.42. The molecule has 2 aromatic carbocycles. The maximum absolute atomic E-state index is 12.8. The van der Waals surface area contributed by atoms with Crippen LogP contribution in [0.2, 0.25) is 0 Å². The molecule has 0 aliphatic heterocycles. The van der Waals surface area contributed by atoms with Crippen LogP contribution in [0.4, 0.5) is 5.82 Å². The van der Waals surface area contributed by atoms with Crippen molar-refractivity contribution >= 4 is 11.6 Å². The van der Waals surface area contributed by atoms with Gasteiger partial charge in [-0.05, 0) is 85.5 Å². The minimum absolute atomic E-state index is 0.257. The van der Waals surface area contributed by atoms with E-state index in [0.29, 0.717) is 17.9 Å². The molecule has 0 radical (unpaired) electrons. The van der Waals surface area contributed by atoms with E-state index in [0.717, 1.165) is 52.6 Å². The lowest BCUT2D eigenvalue weighted by atomic mass is 9.60. The van der Waals surface area contributed by atoms with Crippen molar-refractivity contribution in [1.29, 1.82) is 0 Å². The number of aromatic amines is 1. The van der Waals surface area contributed by atoms with E-state index in [-0.39, 0.29) is 11.2 Å². The highest BCUT2D eigenvalue weighted by molar-refractivity contribution is 5.91. The Bertz CT molecular complexity index is 1340. The summed E-state index contributed by atoms with van der Waals surface area (Å²) < 4.78 is 1.11. The van der Waals surface area contributed by atoms with Gasteiger partial charge in [0.1, 0.15) is 5.78 Å². The largest absolute Gasteiger partial charge is 0.378 e. The molecule has 1 aliphatic carbocycles. The summed E-state index contributed by atoms with van der Waals surface area (Å²) in [5.74, 6) is 0.0801. The zero-order valence-electron chi connectivity index (χ0n) is 19.6. The fraction of sp³-hybridized carbons (Fsp3) is 0.385. The molecule has 33 heavy (non-hydrogen) atoms. The zero-order chi connectivity index (χ0) is 23.9. The monoisotopic (exact) mass is 446 g/mol. The van der Waals surface area contributed by atoms with Crippen LogP contribution in [0, 0.1) is 20.8 Å². The van der Waals surface area contributed by atoms with E-state index >= 15 is 0 Å². The number of benzene rings is 2. The number of hydrogen-bond donors (Lipinski definition) is 2. The molecule has 0 amide bonds. The number of nitrogens with one attached hydrogen (secondary N) is 1. The lowest BCUT2D eigenvalue weighted by molar-refractivity contribution is -0.127. The highest BCUT2D eigenvalue weighted by Gasteiger charge is 2.45. The molecule has 3 aromatic rings. The van der Waals surface area contributed by atoms with Crippen LogP contribution < -0.4 is 17.0 Å². The number of ketones is 1. The first-order valence-corrected chi connectivity index (χ1v) is 11.4. The summed E-state index contributed by atoms with van der Waals surface area (Å²) in [7, 11) is 0. The molecule has 1 aliphatic rings. The first-order valence-electron chi connectivity index (χ1n) is 11.4. The molecule has 0 bridgehead atoms. The molecule has 0 saturated heterocycles. The third-order valence-electron chi connectivity index (χ3n) is 7.04. The van der Waals surface area contributed by atoms with Gasteiger partial charge in [-0.1, -0.05) is 31.5 Å². The van der Waals surface area contributed by atoms with Crippen LogP contribution in [0.3, 0.4) is 0 Å². The second kappa shape index (κ2) is 8.46. The van der Waals surface area contributed by atoms with Gasteiger partial charge in [0, 0.05) is 6.42 Å². The topological polar surface area (TPSA) is 111 Å². The van der Waals surface area contributed by atoms with Crippen molar-refractivity contribution in [3.63, 3.8) is 0 Å². The third-order valence-corrected chi connectivity index (χ3v) is 7.04. The number of aromatic nitrogens is 3. The van der Waals surface area contributed by atoms with Crippen LogP contribution in [0.15, 0.2) is 39.9 Å². The highest BCUT2D eigenvalue weighted by Crippen LogP contribution is 2.46. The molecule has 0 unspecified atom stereocenters. The smallest absolute Gasteiger partial charge is 0.349 e. The standard InChI is InChI=1S/C26H30N4O3/c1-5-22(31)26(9-6-10-26)21-14-18(8-7-15(21)2)13-20-16(3)11-19(12-17(20)4)30-25(33)28-24(32)23(27)29-30/h7-8,11-12,14H,5-6,9-10,13H2,1-4H3,(H2,27,29)(H,28,32,33). The van der Waals surface area contributed by atoms with Gasteiger partial charge in [0.2, 0.25) is 5.82 Å². The Morgan fingerprint density at radius 1 is 1.09 bits per heavy atom. The molecule has 1 heterocycles. The van der Waals surface area contributed by atoms with Crippen LogP contribution in [-0.4, -0.2) is 20.5 Å². The fourth-order valence-corrected chi connectivity index (χ4v) is 5.03. The molecule has 7 nitrogen and oxygen atoms in total. The molecule has 0 spiro atoms. The number of carbonyl (C=O) groups is 1. The molecule has 7 heteroatoms. The summed E-state index contributed by atoms with van der Waals surface area (Å²) in [6.45, 7) is 8.03. The molecular weight excluding hydrogens is 416 g/mol. The molecule has 1 fully saturated rings. The van der Waals surface area contributed by atoms with Crippen molar-refractivity contribution in [1.82, 2.24) is 14.8 Å². The van der Waals surface area contributed by atoms with Gasteiger partial charge in [-0.3, -0.25) is 14.6 Å². The summed E-state index contributed by atoms with van der Waals surface area (Å²) in [6, 6.07) is 10.2. The first kappa shape index (κ1) is 22.7. The third kappa shape index (κ3) is 3.92. The second-order valence-corrected chi connectivity index (χ2v) is 9.15. The average Bonchev–Trinajstić information content (AvgIpc) is 2.74. The number of carbonyl (C=O) groups excluding carboxylic acids is 1. The van der Waals surface area contributed by atoms with Crippen molar-refractivity contribution in [2.75, 3.05) is 5.73 Å². The van der Waals surface area contributed by atoms with Crippen molar-refractivity contribution < 1.29 is 4.79 Å². The number of aryl methyl sites for hydroxylation is 3. The quantitative estimate of drug-likeness (QED) is 0.603. The summed E-state index contributed by atoms with van der Waals surface area (Å²) in [5, 5.41) is 3.93. The zero-order valence-corrected chi connectivity index (χ0v) is 19.6. The van der Waals surface area contributed by atoms with Crippen molar-refractivity contribution in [3.05, 3.63) is 84.6 Å². The van der Waals surface area contributed by atoms with Crippen LogP contribution in [-0.2, 0) is 16.6 Å². The van der Waals surface area contributed by atoms with E-state index in [4.69, 9.17) is 5.73 Å². The van der Waals surface area contributed by atoms with E-state index in [2.05, 4.69) is 35.2 Å². The van der Waals surface area contributed by atoms with Gasteiger partial charge < -0.3 is 5.73 Å². The molecule has 3 N–H and O–H groups in total. The first-order chi connectivity index (χ1) is 15.7. The van der Waals surface area contributed by atoms with E-state index in [9.17, 15) is 14.4 Å². The molecule has 0 atom stereocenters. The van der Waals surface area contributed by atoms with Crippen molar-refractivity contribution in [2.24, 2.45) is 0 Å². The van der Waals surface area contributed by atoms with Crippen LogP contribution in [0.25, 0.3) is 5.69 Å². The van der Waals surface area contributed by atoms with Crippen molar-refractivity contribution in [2.45, 2.75) is 65.2 Å². The van der Waals surface area contributed by atoms with Gasteiger partial charge in [0.25, 0.3) is 5.56 Å². The van der Waals surface area contributed by atoms with Gasteiger partial charge in [-0.2, -0.15) is 4.68 Å². The number of Topliss-reactive ketones (excluding diaryl/α,β-unsaturated/α-hetero) is 1. The summed E-state index contributed by atoms with van der Waals surface area (Å²) >= 11 is 0. The van der Waals surface area contributed by atoms with Gasteiger partial charge in [-0.25, -0.2) is 4.79 Å². The molecule has 1 saturated carbocycles. The van der Waals surface area contributed by atoms with E-state index in [1.807, 2.05) is 32.9 Å². The van der Waals surface area contributed by atoms with Crippen LogP contribution in [0.1, 0.15) is 66.0 Å². The highest BCUT2D eigenvalue weighted by atomic mass is 16.2.